The van der Waals surface area contributed by atoms with Gasteiger partial charge in [0, 0.05) is 18.1 Å². The summed E-state index contributed by atoms with van der Waals surface area (Å²) < 4.78 is 18.8. The van der Waals surface area contributed by atoms with Gasteiger partial charge < -0.3 is 10.1 Å². The fourth-order valence-corrected chi connectivity index (χ4v) is 2.22. The molecule has 0 bridgehead atoms. The highest BCUT2D eigenvalue weighted by Gasteiger charge is 2.24. The van der Waals surface area contributed by atoms with Crippen LogP contribution in [-0.4, -0.2) is 22.7 Å². The molecule has 0 saturated heterocycles. The van der Waals surface area contributed by atoms with Crippen LogP contribution in [0.25, 0.3) is 0 Å². The summed E-state index contributed by atoms with van der Waals surface area (Å²) in [6.07, 6.45) is 0.533. The first-order valence-electron chi connectivity index (χ1n) is 6.42. The SMILES string of the molecule is O=C(NC1CCOc2ccc(F)cc21)c1ccc(=O)[nH]n1. The van der Waals surface area contributed by atoms with Crippen LogP contribution in [0.5, 0.6) is 5.75 Å². The number of benzene rings is 1. The van der Waals surface area contributed by atoms with Gasteiger partial charge in [0.15, 0.2) is 0 Å². The Morgan fingerprint density at radius 3 is 3.00 bits per heavy atom. The summed E-state index contributed by atoms with van der Waals surface area (Å²) in [4.78, 5) is 23.0. The predicted octanol–water partition coefficient (Wildman–Crippen LogP) is 1.16. The lowest BCUT2D eigenvalue weighted by Gasteiger charge is -2.26. The average molecular weight is 289 g/mol. The molecule has 1 unspecified atom stereocenters. The monoisotopic (exact) mass is 289 g/mol. The Balaban J connectivity index is 1.83. The average Bonchev–Trinajstić information content (AvgIpc) is 2.48. The fourth-order valence-electron chi connectivity index (χ4n) is 2.22. The van der Waals surface area contributed by atoms with Crippen LogP contribution in [0.4, 0.5) is 4.39 Å². The van der Waals surface area contributed by atoms with E-state index >= 15 is 0 Å². The number of H-pyrrole nitrogens is 1. The van der Waals surface area contributed by atoms with Crippen molar-refractivity contribution in [3.63, 3.8) is 0 Å². The molecular weight excluding hydrogens is 277 g/mol. The van der Waals surface area contributed by atoms with E-state index in [1.165, 1.54) is 24.3 Å². The molecule has 1 aromatic carbocycles. The molecule has 6 nitrogen and oxygen atoms in total. The molecule has 1 amide bonds. The zero-order valence-electron chi connectivity index (χ0n) is 10.9. The largest absolute Gasteiger partial charge is 0.493 e. The minimum absolute atomic E-state index is 0.0963. The number of halogens is 1. The molecule has 1 aromatic heterocycles. The van der Waals surface area contributed by atoms with Gasteiger partial charge in [-0.3, -0.25) is 9.59 Å². The molecule has 0 fully saturated rings. The second kappa shape index (κ2) is 5.35. The molecule has 0 spiro atoms. The van der Waals surface area contributed by atoms with Crippen molar-refractivity contribution in [2.75, 3.05) is 6.61 Å². The molecule has 0 radical (unpaired) electrons. The van der Waals surface area contributed by atoms with Gasteiger partial charge in [-0.05, 0) is 24.3 Å². The van der Waals surface area contributed by atoms with Gasteiger partial charge >= 0.3 is 0 Å². The summed E-state index contributed by atoms with van der Waals surface area (Å²) >= 11 is 0. The van der Waals surface area contributed by atoms with Crippen molar-refractivity contribution in [2.45, 2.75) is 12.5 Å². The van der Waals surface area contributed by atoms with Gasteiger partial charge in [0.2, 0.25) is 0 Å². The van der Waals surface area contributed by atoms with E-state index in [9.17, 15) is 14.0 Å². The van der Waals surface area contributed by atoms with Crippen molar-refractivity contribution >= 4 is 5.91 Å². The Bertz CT molecular complexity index is 724. The van der Waals surface area contributed by atoms with Gasteiger partial charge in [-0.2, -0.15) is 5.10 Å². The third kappa shape index (κ3) is 2.76. The van der Waals surface area contributed by atoms with E-state index in [2.05, 4.69) is 15.5 Å². The van der Waals surface area contributed by atoms with Crippen LogP contribution in [0.15, 0.2) is 35.1 Å². The van der Waals surface area contributed by atoms with Crippen molar-refractivity contribution in [3.8, 4) is 5.75 Å². The Hall–Kier alpha value is -2.70. The molecule has 3 rings (SSSR count). The van der Waals surface area contributed by atoms with Crippen molar-refractivity contribution in [3.05, 3.63) is 57.8 Å². The van der Waals surface area contributed by atoms with Gasteiger partial charge in [-0.25, -0.2) is 9.49 Å². The number of aromatic nitrogens is 2. The number of aromatic amines is 1. The first-order chi connectivity index (χ1) is 10.1. The van der Waals surface area contributed by atoms with E-state index < -0.39 is 5.91 Å². The maximum Gasteiger partial charge on any atom is 0.272 e. The van der Waals surface area contributed by atoms with Crippen LogP contribution in [0, 0.1) is 5.82 Å². The molecule has 108 valence electrons. The normalized spacial score (nSPS) is 16.7. The van der Waals surface area contributed by atoms with E-state index in [1.54, 1.807) is 6.07 Å². The minimum atomic E-state index is -0.437. The van der Waals surface area contributed by atoms with Gasteiger partial charge in [-0.15, -0.1) is 0 Å². The van der Waals surface area contributed by atoms with Crippen LogP contribution in [0.3, 0.4) is 0 Å². The van der Waals surface area contributed by atoms with Crippen LogP contribution in [0.1, 0.15) is 28.5 Å². The predicted molar refractivity (Wildman–Crippen MR) is 71.6 cm³/mol. The molecule has 0 aliphatic carbocycles. The van der Waals surface area contributed by atoms with Gasteiger partial charge in [0.25, 0.3) is 11.5 Å². The number of rotatable bonds is 2. The van der Waals surface area contributed by atoms with E-state index in [4.69, 9.17) is 4.74 Å². The van der Waals surface area contributed by atoms with Gasteiger partial charge in [-0.1, -0.05) is 0 Å². The van der Waals surface area contributed by atoms with E-state index in [1.807, 2.05) is 0 Å². The van der Waals surface area contributed by atoms with Crippen LogP contribution < -0.4 is 15.6 Å². The number of carbonyl (C=O) groups is 1. The zero-order valence-corrected chi connectivity index (χ0v) is 10.9. The second-order valence-electron chi connectivity index (χ2n) is 4.65. The van der Waals surface area contributed by atoms with Crippen LogP contribution in [0.2, 0.25) is 0 Å². The highest BCUT2D eigenvalue weighted by molar-refractivity contribution is 5.92. The van der Waals surface area contributed by atoms with Crippen LogP contribution in [-0.2, 0) is 0 Å². The maximum absolute atomic E-state index is 13.4. The highest BCUT2D eigenvalue weighted by Crippen LogP contribution is 2.32. The summed E-state index contributed by atoms with van der Waals surface area (Å²) in [6, 6.07) is 6.40. The highest BCUT2D eigenvalue weighted by atomic mass is 19.1. The lowest BCUT2D eigenvalue weighted by Crippen LogP contribution is -2.33. The number of amides is 1. The smallest absolute Gasteiger partial charge is 0.272 e. The van der Waals surface area contributed by atoms with Crippen molar-refractivity contribution < 1.29 is 13.9 Å². The molecule has 21 heavy (non-hydrogen) atoms. The van der Waals surface area contributed by atoms with E-state index in [-0.39, 0.29) is 23.1 Å². The maximum atomic E-state index is 13.4. The number of fused-ring (bicyclic) bond motifs is 1. The number of carbonyl (C=O) groups excluding carboxylic acids is 1. The summed E-state index contributed by atoms with van der Waals surface area (Å²) in [7, 11) is 0. The van der Waals surface area contributed by atoms with Crippen molar-refractivity contribution in [2.24, 2.45) is 0 Å². The van der Waals surface area contributed by atoms with E-state index in [0.29, 0.717) is 24.3 Å². The molecule has 1 atom stereocenters. The first-order valence-corrected chi connectivity index (χ1v) is 6.42. The second-order valence-corrected chi connectivity index (χ2v) is 4.65. The molecule has 1 aliphatic rings. The third-order valence-corrected chi connectivity index (χ3v) is 3.23. The lowest BCUT2D eigenvalue weighted by molar-refractivity contribution is 0.0918. The quantitative estimate of drug-likeness (QED) is 0.869. The molecular formula is C14H12FN3O3. The van der Waals surface area contributed by atoms with Gasteiger partial charge in [0.1, 0.15) is 17.3 Å². The first kappa shape index (κ1) is 13.3. The summed E-state index contributed by atoms with van der Waals surface area (Å²) in [6.45, 7) is 0.433. The number of hydrogen-bond acceptors (Lipinski definition) is 4. The van der Waals surface area contributed by atoms with Crippen molar-refractivity contribution in [1.29, 1.82) is 0 Å². The Kier molecular flexibility index (Phi) is 3.39. The molecule has 0 saturated carbocycles. The number of nitrogens with one attached hydrogen (secondary N) is 2. The standard InChI is InChI=1S/C14H12FN3O3/c15-8-1-3-12-9(7-8)10(5-6-21-12)16-14(20)11-2-4-13(19)18-17-11/h1-4,7,10H,5-6H2,(H,16,20)(H,18,19). The molecule has 1 aliphatic heterocycles. The van der Waals surface area contributed by atoms with Gasteiger partial charge in [0.05, 0.1) is 12.6 Å². The summed E-state index contributed by atoms with van der Waals surface area (Å²) in [5.74, 6) is -0.267. The fraction of sp³-hybridized carbons (Fsp3) is 0.214. The molecule has 2 heterocycles. The number of nitrogens with zero attached hydrogens (tertiary/aromatic N) is 1. The topological polar surface area (TPSA) is 84.1 Å². The summed E-state index contributed by atoms with van der Waals surface area (Å²) in [5.41, 5.74) is 0.308. The molecule has 2 N–H and O–H groups in total. The Morgan fingerprint density at radius 2 is 2.24 bits per heavy atom. The summed E-state index contributed by atoms with van der Waals surface area (Å²) in [5, 5.41) is 8.63. The third-order valence-electron chi connectivity index (χ3n) is 3.23. The minimum Gasteiger partial charge on any atom is -0.493 e. The Morgan fingerprint density at radius 1 is 1.38 bits per heavy atom. The molecule has 2 aromatic rings. The van der Waals surface area contributed by atoms with E-state index in [0.717, 1.165) is 0 Å². The molecule has 7 heteroatoms. The zero-order chi connectivity index (χ0) is 14.8. The Labute approximate surface area is 119 Å². The number of hydrogen-bond donors (Lipinski definition) is 2. The number of ether oxygens (including phenoxy) is 1. The van der Waals surface area contributed by atoms with Crippen molar-refractivity contribution in [1.82, 2.24) is 15.5 Å². The lowest BCUT2D eigenvalue weighted by atomic mass is 10.00. The van der Waals surface area contributed by atoms with Crippen LogP contribution >= 0.6 is 0 Å².